The highest BCUT2D eigenvalue weighted by Crippen LogP contribution is 2.26. The van der Waals surface area contributed by atoms with E-state index in [2.05, 4.69) is 4.99 Å². The van der Waals surface area contributed by atoms with E-state index in [9.17, 15) is 4.79 Å². The van der Waals surface area contributed by atoms with E-state index < -0.39 is 0 Å². The number of fused-ring (bicyclic) bond motifs is 1. The highest BCUT2D eigenvalue weighted by Gasteiger charge is 2.13. The number of benzene rings is 1. The molecule has 0 saturated carbocycles. The van der Waals surface area contributed by atoms with Gasteiger partial charge in [-0.15, -0.1) is 0 Å². The minimum absolute atomic E-state index is 0.0101. The predicted molar refractivity (Wildman–Crippen MR) is 45.2 cm³/mol. The molecule has 3 heteroatoms. The van der Waals surface area contributed by atoms with Gasteiger partial charge in [0.25, 0.3) is 0 Å². The van der Waals surface area contributed by atoms with Gasteiger partial charge in [-0.1, -0.05) is 0 Å². The van der Waals surface area contributed by atoms with Crippen molar-refractivity contribution < 1.29 is 9.90 Å². The van der Waals surface area contributed by atoms with Gasteiger partial charge in [-0.3, -0.25) is 9.79 Å². The number of hydrogen-bond acceptors (Lipinski definition) is 3. The Labute approximate surface area is 69.4 Å². The van der Waals surface area contributed by atoms with Gasteiger partial charge in [0, 0.05) is 18.2 Å². The summed E-state index contributed by atoms with van der Waals surface area (Å²) in [6.07, 6.45) is 1.91. The van der Waals surface area contributed by atoms with Gasteiger partial charge in [-0.05, 0) is 18.2 Å². The summed E-state index contributed by atoms with van der Waals surface area (Å²) in [5.74, 6) is 0.120. The molecule has 2 rings (SSSR count). The predicted octanol–water partition coefficient (Wildman–Crippen LogP) is 1.68. The normalized spacial score (nSPS) is 14.5. The Morgan fingerprint density at radius 1 is 1.42 bits per heavy atom. The molecule has 0 unspecified atom stereocenters. The van der Waals surface area contributed by atoms with Gasteiger partial charge in [-0.25, -0.2) is 0 Å². The smallest absolute Gasteiger partial charge is 0.170 e. The van der Waals surface area contributed by atoms with Crippen molar-refractivity contribution >= 4 is 17.7 Å². The van der Waals surface area contributed by atoms with Crippen LogP contribution < -0.4 is 0 Å². The van der Waals surface area contributed by atoms with Crippen LogP contribution in [-0.2, 0) is 0 Å². The van der Waals surface area contributed by atoms with E-state index in [-0.39, 0.29) is 11.5 Å². The third-order valence-electron chi connectivity index (χ3n) is 1.79. The van der Waals surface area contributed by atoms with Gasteiger partial charge in [0.15, 0.2) is 5.78 Å². The molecule has 3 nitrogen and oxygen atoms in total. The van der Waals surface area contributed by atoms with Crippen molar-refractivity contribution in [3.63, 3.8) is 0 Å². The molecule has 60 valence electrons. The van der Waals surface area contributed by atoms with Crippen molar-refractivity contribution in [2.24, 2.45) is 4.99 Å². The molecule has 1 aromatic rings. The lowest BCUT2D eigenvalue weighted by molar-refractivity contribution is 0.100. The molecule has 0 fully saturated rings. The van der Waals surface area contributed by atoms with Crippen LogP contribution in [0.1, 0.15) is 16.8 Å². The number of carbonyl (C=O) groups is 1. The Hall–Kier alpha value is -1.64. The summed E-state index contributed by atoms with van der Waals surface area (Å²) in [5, 5.41) is 9.10. The van der Waals surface area contributed by atoms with E-state index >= 15 is 0 Å². The van der Waals surface area contributed by atoms with Gasteiger partial charge in [0.2, 0.25) is 0 Å². The van der Waals surface area contributed by atoms with Crippen molar-refractivity contribution in [1.29, 1.82) is 0 Å². The maximum atomic E-state index is 11.2. The Bertz CT molecular complexity index is 369. The van der Waals surface area contributed by atoms with E-state index in [0.717, 1.165) is 0 Å². The minimum Gasteiger partial charge on any atom is -0.508 e. The molecule has 0 spiro atoms. The van der Waals surface area contributed by atoms with Gasteiger partial charge < -0.3 is 5.11 Å². The molecule has 0 saturated heterocycles. The van der Waals surface area contributed by atoms with Crippen molar-refractivity contribution in [2.75, 3.05) is 0 Å². The molecular formula is C9H7NO2. The van der Waals surface area contributed by atoms with E-state index in [4.69, 9.17) is 5.11 Å². The third kappa shape index (κ3) is 0.993. The molecule has 0 aliphatic carbocycles. The standard InChI is InChI=1S/C9H7NO2/c11-6-1-2-8-7(5-6)9(12)3-4-10-8/h1-2,4-5,11H,3H2. The largest absolute Gasteiger partial charge is 0.508 e. The second-order valence-corrected chi connectivity index (χ2v) is 2.64. The molecule has 0 radical (unpaired) electrons. The highest BCUT2D eigenvalue weighted by molar-refractivity contribution is 6.10. The lowest BCUT2D eigenvalue weighted by Crippen LogP contribution is -2.03. The van der Waals surface area contributed by atoms with Crippen LogP contribution in [0.3, 0.4) is 0 Å². The van der Waals surface area contributed by atoms with E-state index in [1.165, 1.54) is 12.1 Å². The summed E-state index contributed by atoms with van der Waals surface area (Å²) in [6, 6.07) is 4.61. The topological polar surface area (TPSA) is 49.7 Å². The number of carbonyl (C=O) groups excluding carboxylic acids is 1. The Morgan fingerprint density at radius 3 is 3.08 bits per heavy atom. The molecule has 0 atom stereocenters. The fraction of sp³-hybridized carbons (Fsp3) is 0.111. The van der Waals surface area contributed by atoms with Gasteiger partial charge in [0.05, 0.1) is 5.69 Å². The van der Waals surface area contributed by atoms with Gasteiger partial charge >= 0.3 is 0 Å². The zero-order chi connectivity index (χ0) is 8.55. The fourth-order valence-corrected chi connectivity index (χ4v) is 1.20. The Balaban J connectivity index is 2.63. The monoisotopic (exact) mass is 161 g/mol. The maximum absolute atomic E-state index is 11.2. The number of Topliss-reactive ketones (excluding diaryl/α,β-unsaturated/α-hetero) is 1. The number of rotatable bonds is 0. The molecule has 0 aromatic heterocycles. The van der Waals surface area contributed by atoms with Crippen molar-refractivity contribution in [3.05, 3.63) is 23.8 Å². The van der Waals surface area contributed by atoms with Gasteiger partial charge in [0.1, 0.15) is 5.75 Å². The quantitative estimate of drug-likeness (QED) is 0.629. The summed E-state index contributed by atoms with van der Waals surface area (Å²) < 4.78 is 0. The number of aliphatic imine (C=N–C) groups is 1. The molecule has 1 aliphatic rings. The number of nitrogens with zero attached hydrogens (tertiary/aromatic N) is 1. The van der Waals surface area contributed by atoms with Crippen molar-refractivity contribution in [3.8, 4) is 5.75 Å². The first-order valence-electron chi connectivity index (χ1n) is 3.66. The number of phenolic OH excluding ortho intramolecular Hbond substituents is 1. The van der Waals surface area contributed by atoms with Crippen molar-refractivity contribution in [2.45, 2.75) is 6.42 Å². The molecule has 12 heavy (non-hydrogen) atoms. The Kier molecular flexibility index (Phi) is 1.43. The third-order valence-corrected chi connectivity index (χ3v) is 1.79. The second-order valence-electron chi connectivity index (χ2n) is 2.64. The number of ketones is 1. The van der Waals surface area contributed by atoms with E-state index in [1.807, 2.05) is 0 Å². The Morgan fingerprint density at radius 2 is 2.25 bits per heavy atom. The first kappa shape index (κ1) is 7.03. The molecule has 0 amide bonds. The van der Waals surface area contributed by atoms with Crippen LogP contribution in [0.15, 0.2) is 23.2 Å². The van der Waals surface area contributed by atoms with Gasteiger partial charge in [-0.2, -0.15) is 0 Å². The van der Waals surface area contributed by atoms with Crippen molar-refractivity contribution in [1.82, 2.24) is 0 Å². The summed E-state index contributed by atoms with van der Waals surface area (Å²) >= 11 is 0. The van der Waals surface area contributed by atoms with Crippen LogP contribution in [0.4, 0.5) is 5.69 Å². The molecule has 1 aliphatic heterocycles. The second kappa shape index (κ2) is 2.44. The van der Waals surface area contributed by atoms with E-state index in [0.29, 0.717) is 17.7 Å². The highest BCUT2D eigenvalue weighted by atomic mass is 16.3. The molecular weight excluding hydrogens is 154 g/mol. The van der Waals surface area contributed by atoms with E-state index in [1.54, 1.807) is 12.3 Å². The average molecular weight is 161 g/mol. The SMILES string of the molecule is O=C1CC=Nc2ccc(O)cc21. The first-order valence-corrected chi connectivity index (χ1v) is 3.66. The minimum atomic E-state index is 0.0101. The fourth-order valence-electron chi connectivity index (χ4n) is 1.20. The molecule has 1 heterocycles. The molecule has 0 bridgehead atoms. The zero-order valence-electron chi connectivity index (χ0n) is 6.32. The lowest BCUT2D eigenvalue weighted by Gasteiger charge is -2.07. The zero-order valence-corrected chi connectivity index (χ0v) is 6.32. The lowest BCUT2D eigenvalue weighted by atomic mass is 10.0. The summed E-state index contributed by atoms with van der Waals surface area (Å²) in [5.41, 5.74) is 1.15. The van der Waals surface area contributed by atoms with Crippen LogP contribution in [-0.4, -0.2) is 17.1 Å². The number of aromatic hydroxyl groups is 1. The van der Waals surface area contributed by atoms with Crippen LogP contribution in [0.2, 0.25) is 0 Å². The van der Waals surface area contributed by atoms with Crippen LogP contribution >= 0.6 is 0 Å². The van der Waals surface area contributed by atoms with Crippen LogP contribution in [0, 0.1) is 0 Å². The summed E-state index contributed by atoms with van der Waals surface area (Å²) in [4.78, 5) is 15.3. The summed E-state index contributed by atoms with van der Waals surface area (Å²) in [6.45, 7) is 0. The average Bonchev–Trinajstić information content (AvgIpc) is 2.07. The van der Waals surface area contributed by atoms with Crippen LogP contribution in [0.5, 0.6) is 5.75 Å². The summed E-state index contributed by atoms with van der Waals surface area (Å²) in [7, 11) is 0. The molecule has 1 aromatic carbocycles. The first-order chi connectivity index (χ1) is 5.77. The number of phenols is 1. The number of hydrogen-bond donors (Lipinski definition) is 1. The molecule has 1 N–H and O–H groups in total. The maximum Gasteiger partial charge on any atom is 0.170 e. The van der Waals surface area contributed by atoms with Crippen LogP contribution in [0.25, 0.3) is 0 Å².